The van der Waals surface area contributed by atoms with E-state index in [1.54, 1.807) is 0 Å². The van der Waals surface area contributed by atoms with Crippen LogP contribution in [0.2, 0.25) is 0 Å². The Morgan fingerprint density at radius 1 is 0.833 bits per heavy atom. The molecule has 1 saturated heterocycles. The standard InChI is InChI=1S/C17H18O/c1-12-8-10-15(11-9-12)17-16(13(2)18-17)14-6-4-3-5-7-14/h3-11,13,16-17H,1-2H3/t13-,16+,17+/m1/s1. The molecule has 1 aliphatic heterocycles. The smallest absolute Gasteiger partial charge is 0.0922 e. The molecule has 0 radical (unpaired) electrons. The minimum Gasteiger partial charge on any atom is -0.369 e. The minimum atomic E-state index is 0.211. The van der Waals surface area contributed by atoms with Gasteiger partial charge in [-0.2, -0.15) is 0 Å². The zero-order valence-corrected chi connectivity index (χ0v) is 10.8. The lowest BCUT2D eigenvalue weighted by Crippen LogP contribution is -2.38. The van der Waals surface area contributed by atoms with Crippen LogP contribution in [-0.4, -0.2) is 6.10 Å². The highest BCUT2D eigenvalue weighted by Gasteiger charge is 2.41. The molecule has 0 amide bonds. The van der Waals surface area contributed by atoms with Gasteiger partial charge >= 0.3 is 0 Å². The van der Waals surface area contributed by atoms with Gasteiger partial charge in [-0.05, 0) is 25.0 Å². The fraction of sp³-hybridized carbons (Fsp3) is 0.294. The van der Waals surface area contributed by atoms with Gasteiger partial charge in [-0.1, -0.05) is 60.2 Å². The van der Waals surface area contributed by atoms with Crippen LogP contribution in [0, 0.1) is 6.92 Å². The summed E-state index contributed by atoms with van der Waals surface area (Å²) in [5.74, 6) is 0.480. The van der Waals surface area contributed by atoms with E-state index in [0.717, 1.165) is 0 Å². The largest absolute Gasteiger partial charge is 0.369 e. The lowest BCUT2D eigenvalue weighted by Gasteiger charge is -2.44. The number of hydrogen-bond donors (Lipinski definition) is 0. The highest BCUT2D eigenvalue weighted by Crippen LogP contribution is 2.47. The molecule has 0 aliphatic carbocycles. The zero-order chi connectivity index (χ0) is 12.5. The Morgan fingerprint density at radius 2 is 1.50 bits per heavy atom. The van der Waals surface area contributed by atoms with Gasteiger partial charge in [0.15, 0.2) is 0 Å². The summed E-state index contributed by atoms with van der Waals surface area (Å²) in [6.07, 6.45) is 0.515. The van der Waals surface area contributed by atoms with Crippen LogP contribution in [0.5, 0.6) is 0 Å². The summed E-state index contributed by atoms with van der Waals surface area (Å²) < 4.78 is 5.93. The molecule has 3 atom stereocenters. The van der Waals surface area contributed by atoms with E-state index in [9.17, 15) is 0 Å². The summed E-state index contributed by atoms with van der Waals surface area (Å²) in [5.41, 5.74) is 3.96. The molecular formula is C17H18O. The molecule has 0 spiro atoms. The number of ether oxygens (including phenoxy) is 1. The molecule has 2 aromatic carbocycles. The average Bonchev–Trinajstić information content (AvgIpc) is 2.38. The molecule has 1 heterocycles. The van der Waals surface area contributed by atoms with E-state index >= 15 is 0 Å². The third-order valence-corrected chi connectivity index (χ3v) is 3.78. The summed E-state index contributed by atoms with van der Waals surface area (Å²) in [7, 11) is 0. The zero-order valence-electron chi connectivity index (χ0n) is 10.8. The van der Waals surface area contributed by atoms with Crippen LogP contribution >= 0.6 is 0 Å². The summed E-state index contributed by atoms with van der Waals surface area (Å²) in [5, 5.41) is 0. The number of aryl methyl sites for hydroxylation is 1. The topological polar surface area (TPSA) is 9.23 Å². The monoisotopic (exact) mass is 238 g/mol. The lowest BCUT2D eigenvalue weighted by molar-refractivity contribution is -0.142. The van der Waals surface area contributed by atoms with E-state index in [1.807, 2.05) is 0 Å². The summed E-state index contributed by atoms with van der Waals surface area (Å²) in [6.45, 7) is 4.27. The van der Waals surface area contributed by atoms with Gasteiger partial charge in [-0.3, -0.25) is 0 Å². The predicted octanol–water partition coefficient (Wildman–Crippen LogP) is 4.24. The maximum atomic E-state index is 5.93. The van der Waals surface area contributed by atoms with Crippen LogP contribution in [-0.2, 0) is 4.74 Å². The molecule has 1 fully saturated rings. The molecule has 3 rings (SSSR count). The van der Waals surface area contributed by atoms with Gasteiger partial charge < -0.3 is 4.74 Å². The summed E-state index contributed by atoms with van der Waals surface area (Å²) in [6, 6.07) is 19.3. The van der Waals surface area contributed by atoms with E-state index in [1.165, 1.54) is 16.7 Å². The normalized spacial score (nSPS) is 26.7. The Balaban J connectivity index is 1.88. The van der Waals surface area contributed by atoms with Crippen LogP contribution in [0.15, 0.2) is 54.6 Å². The van der Waals surface area contributed by atoms with Crippen molar-refractivity contribution < 1.29 is 4.74 Å². The highest BCUT2D eigenvalue weighted by atomic mass is 16.5. The van der Waals surface area contributed by atoms with E-state index in [0.29, 0.717) is 12.0 Å². The first-order valence-corrected chi connectivity index (χ1v) is 6.52. The van der Waals surface area contributed by atoms with Crippen molar-refractivity contribution in [3.05, 3.63) is 71.3 Å². The Labute approximate surface area is 108 Å². The Kier molecular flexibility index (Phi) is 2.92. The molecular weight excluding hydrogens is 220 g/mol. The molecule has 92 valence electrons. The summed E-state index contributed by atoms with van der Waals surface area (Å²) in [4.78, 5) is 0. The van der Waals surface area contributed by atoms with Gasteiger partial charge in [0.2, 0.25) is 0 Å². The molecule has 1 heteroatoms. The fourth-order valence-electron chi connectivity index (χ4n) is 2.72. The number of rotatable bonds is 2. The van der Waals surface area contributed by atoms with Crippen molar-refractivity contribution in [1.29, 1.82) is 0 Å². The Hall–Kier alpha value is -1.60. The highest BCUT2D eigenvalue weighted by molar-refractivity contribution is 5.32. The van der Waals surface area contributed by atoms with Crippen molar-refractivity contribution in [2.75, 3.05) is 0 Å². The SMILES string of the molecule is Cc1ccc([C@@H]2O[C@H](C)[C@H]2c2ccccc2)cc1. The molecule has 0 saturated carbocycles. The average molecular weight is 238 g/mol. The molecule has 0 aromatic heterocycles. The molecule has 1 aliphatic rings. The third kappa shape index (κ3) is 1.95. The van der Waals surface area contributed by atoms with Crippen molar-refractivity contribution >= 4 is 0 Å². The second kappa shape index (κ2) is 4.58. The first-order valence-electron chi connectivity index (χ1n) is 6.52. The fourth-order valence-corrected chi connectivity index (χ4v) is 2.72. The maximum absolute atomic E-state index is 5.93. The Bertz CT molecular complexity index is 515. The number of benzene rings is 2. The van der Waals surface area contributed by atoms with Crippen molar-refractivity contribution in [2.24, 2.45) is 0 Å². The molecule has 2 aromatic rings. The second-order valence-electron chi connectivity index (χ2n) is 5.11. The second-order valence-corrected chi connectivity index (χ2v) is 5.11. The van der Waals surface area contributed by atoms with Crippen LogP contribution in [0.4, 0.5) is 0 Å². The van der Waals surface area contributed by atoms with Crippen molar-refractivity contribution in [3.8, 4) is 0 Å². The molecule has 0 bridgehead atoms. The van der Waals surface area contributed by atoms with Crippen molar-refractivity contribution in [1.82, 2.24) is 0 Å². The minimum absolute atomic E-state index is 0.211. The molecule has 0 N–H and O–H groups in total. The lowest BCUT2D eigenvalue weighted by atomic mass is 9.80. The molecule has 1 nitrogen and oxygen atoms in total. The van der Waals surface area contributed by atoms with Crippen molar-refractivity contribution in [2.45, 2.75) is 32.0 Å². The van der Waals surface area contributed by atoms with Gasteiger partial charge in [0.25, 0.3) is 0 Å². The van der Waals surface area contributed by atoms with Crippen LogP contribution < -0.4 is 0 Å². The molecule has 18 heavy (non-hydrogen) atoms. The first kappa shape index (κ1) is 11.5. The first-order chi connectivity index (χ1) is 8.75. The van der Waals surface area contributed by atoms with E-state index < -0.39 is 0 Å². The van der Waals surface area contributed by atoms with Crippen molar-refractivity contribution in [3.63, 3.8) is 0 Å². The van der Waals surface area contributed by atoms with E-state index in [2.05, 4.69) is 68.4 Å². The van der Waals surface area contributed by atoms with Gasteiger partial charge in [0.05, 0.1) is 12.2 Å². The predicted molar refractivity (Wildman–Crippen MR) is 73.7 cm³/mol. The summed E-state index contributed by atoms with van der Waals surface area (Å²) >= 11 is 0. The van der Waals surface area contributed by atoms with E-state index in [4.69, 9.17) is 4.74 Å². The maximum Gasteiger partial charge on any atom is 0.0922 e. The van der Waals surface area contributed by atoms with Gasteiger partial charge in [-0.15, -0.1) is 0 Å². The quantitative estimate of drug-likeness (QED) is 0.760. The number of hydrogen-bond acceptors (Lipinski definition) is 1. The van der Waals surface area contributed by atoms with Gasteiger partial charge in [-0.25, -0.2) is 0 Å². The third-order valence-electron chi connectivity index (χ3n) is 3.78. The van der Waals surface area contributed by atoms with Crippen LogP contribution in [0.1, 0.15) is 35.6 Å². The van der Waals surface area contributed by atoms with E-state index in [-0.39, 0.29) is 6.10 Å². The van der Waals surface area contributed by atoms with Gasteiger partial charge in [0, 0.05) is 5.92 Å². The Morgan fingerprint density at radius 3 is 2.11 bits per heavy atom. The van der Waals surface area contributed by atoms with Crippen LogP contribution in [0.3, 0.4) is 0 Å². The van der Waals surface area contributed by atoms with Crippen LogP contribution in [0.25, 0.3) is 0 Å². The molecule has 0 unspecified atom stereocenters. The van der Waals surface area contributed by atoms with Gasteiger partial charge in [0.1, 0.15) is 0 Å².